The van der Waals surface area contributed by atoms with Gasteiger partial charge in [-0.15, -0.1) is 0 Å². The number of carbonyl (C=O) groups excluding carboxylic acids is 1. The fourth-order valence-electron chi connectivity index (χ4n) is 1.73. The van der Waals surface area contributed by atoms with Crippen LogP contribution in [0.15, 0.2) is 0 Å². The van der Waals surface area contributed by atoms with Crippen LogP contribution in [0, 0.1) is 5.92 Å². The number of aliphatic carboxylic acids is 1. The molecule has 1 aliphatic heterocycles. The topological polar surface area (TPSA) is 66.8 Å². The Kier molecular flexibility index (Phi) is 4.58. The highest BCUT2D eigenvalue weighted by Crippen LogP contribution is 2.18. The predicted octanol–water partition coefficient (Wildman–Crippen LogP) is 1.72. The Hall–Kier alpha value is -1.26. The van der Waals surface area contributed by atoms with Gasteiger partial charge in [0.25, 0.3) is 0 Å². The van der Waals surface area contributed by atoms with Gasteiger partial charge in [-0.2, -0.15) is 0 Å². The van der Waals surface area contributed by atoms with E-state index in [1.165, 1.54) is 4.90 Å². The van der Waals surface area contributed by atoms with E-state index in [2.05, 4.69) is 0 Å². The average Bonchev–Trinajstić information content (AvgIpc) is 2.25. The van der Waals surface area contributed by atoms with E-state index in [0.717, 1.165) is 12.8 Å². The highest BCUT2D eigenvalue weighted by atomic mass is 16.6. The maximum atomic E-state index is 11.7. The molecule has 0 aromatic heterocycles. The van der Waals surface area contributed by atoms with Crippen molar-refractivity contribution in [3.63, 3.8) is 0 Å². The van der Waals surface area contributed by atoms with Crippen LogP contribution in [0.1, 0.15) is 33.1 Å². The fraction of sp³-hybridized carbons (Fsp3) is 0.818. The number of likely N-dealkylation sites (tertiary alicyclic amines) is 1. The average molecular weight is 229 g/mol. The van der Waals surface area contributed by atoms with Crippen molar-refractivity contribution in [3.05, 3.63) is 0 Å². The molecule has 0 unspecified atom stereocenters. The summed E-state index contributed by atoms with van der Waals surface area (Å²) in [4.78, 5) is 23.9. The van der Waals surface area contributed by atoms with Crippen LogP contribution in [0.3, 0.4) is 0 Å². The lowest BCUT2D eigenvalue weighted by molar-refractivity contribution is -0.143. The van der Waals surface area contributed by atoms with Gasteiger partial charge in [-0.1, -0.05) is 13.8 Å². The number of rotatable bonds is 3. The Labute approximate surface area is 95.4 Å². The maximum Gasteiger partial charge on any atom is 0.410 e. The van der Waals surface area contributed by atoms with E-state index in [0.29, 0.717) is 19.6 Å². The number of carboxylic acid groups (broad SMARTS) is 1. The summed E-state index contributed by atoms with van der Waals surface area (Å²) in [5.41, 5.74) is 0. The molecule has 1 amide bonds. The second-order valence-corrected chi connectivity index (χ2v) is 4.51. The van der Waals surface area contributed by atoms with Crippen LogP contribution < -0.4 is 0 Å². The van der Waals surface area contributed by atoms with Gasteiger partial charge >= 0.3 is 12.1 Å². The third-order valence-electron chi connectivity index (χ3n) is 2.56. The summed E-state index contributed by atoms with van der Waals surface area (Å²) >= 11 is 0. The molecule has 1 rings (SSSR count). The zero-order valence-corrected chi connectivity index (χ0v) is 9.81. The van der Waals surface area contributed by atoms with Crippen molar-refractivity contribution in [2.24, 2.45) is 5.92 Å². The molecule has 0 spiro atoms. The van der Waals surface area contributed by atoms with Crippen LogP contribution >= 0.6 is 0 Å². The smallest absolute Gasteiger partial charge is 0.410 e. The second kappa shape index (κ2) is 5.72. The third kappa shape index (κ3) is 3.40. The van der Waals surface area contributed by atoms with Gasteiger partial charge in [-0.3, -0.25) is 4.90 Å². The van der Waals surface area contributed by atoms with E-state index in [-0.39, 0.29) is 5.92 Å². The minimum Gasteiger partial charge on any atom is -0.480 e. The van der Waals surface area contributed by atoms with E-state index in [1.807, 2.05) is 13.8 Å². The van der Waals surface area contributed by atoms with Crippen molar-refractivity contribution in [3.8, 4) is 0 Å². The Morgan fingerprint density at radius 2 is 2.12 bits per heavy atom. The molecule has 1 aliphatic rings. The number of carboxylic acids is 1. The van der Waals surface area contributed by atoms with Crippen LogP contribution in [0.5, 0.6) is 0 Å². The molecule has 1 fully saturated rings. The Morgan fingerprint density at radius 3 is 2.69 bits per heavy atom. The first-order chi connectivity index (χ1) is 7.52. The van der Waals surface area contributed by atoms with Crippen LogP contribution in [-0.4, -0.2) is 41.3 Å². The number of carbonyl (C=O) groups is 2. The third-order valence-corrected chi connectivity index (χ3v) is 2.56. The molecule has 0 saturated carbocycles. The molecular weight excluding hydrogens is 210 g/mol. The van der Waals surface area contributed by atoms with Crippen molar-refractivity contribution in [1.29, 1.82) is 0 Å². The predicted molar refractivity (Wildman–Crippen MR) is 58.2 cm³/mol. The number of piperidine rings is 1. The standard InChI is InChI=1S/C11H19NO4/c1-8(2)7-16-11(15)12-6-4-3-5-9(12)10(13)14/h8-9H,3-7H2,1-2H3,(H,13,14)/t9-/m0/s1. The van der Waals surface area contributed by atoms with Gasteiger partial charge in [-0.05, 0) is 25.2 Å². The molecule has 1 N–H and O–H groups in total. The Bertz CT molecular complexity index is 265. The lowest BCUT2D eigenvalue weighted by Crippen LogP contribution is -2.48. The molecular formula is C11H19NO4. The van der Waals surface area contributed by atoms with Gasteiger partial charge in [0.15, 0.2) is 0 Å². The summed E-state index contributed by atoms with van der Waals surface area (Å²) in [5, 5.41) is 8.99. The van der Waals surface area contributed by atoms with Gasteiger partial charge in [0.2, 0.25) is 0 Å². The SMILES string of the molecule is CC(C)COC(=O)N1CCCC[C@H]1C(=O)O. The minimum atomic E-state index is -0.943. The number of hydrogen-bond donors (Lipinski definition) is 1. The van der Waals surface area contributed by atoms with Crippen molar-refractivity contribution in [1.82, 2.24) is 4.90 Å². The molecule has 1 heterocycles. The van der Waals surface area contributed by atoms with Crippen molar-refractivity contribution >= 4 is 12.1 Å². The van der Waals surface area contributed by atoms with Crippen LogP contribution in [0.25, 0.3) is 0 Å². The molecule has 16 heavy (non-hydrogen) atoms. The lowest BCUT2D eigenvalue weighted by atomic mass is 10.0. The summed E-state index contributed by atoms with van der Waals surface area (Å²) in [6.45, 7) is 4.70. The molecule has 0 bridgehead atoms. The van der Waals surface area contributed by atoms with Crippen molar-refractivity contribution in [2.75, 3.05) is 13.2 Å². The van der Waals surface area contributed by atoms with Crippen molar-refractivity contribution in [2.45, 2.75) is 39.2 Å². The van der Waals surface area contributed by atoms with Crippen LogP contribution in [0.4, 0.5) is 4.79 Å². The molecule has 5 heteroatoms. The van der Waals surface area contributed by atoms with Gasteiger partial charge in [0, 0.05) is 6.54 Å². The quantitative estimate of drug-likeness (QED) is 0.800. The molecule has 0 aromatic carbocycles. The number of nitrogens with zero attached hydrogens (tertiary/aromatic N) is 1. The molecule has 0 radical (unpaired) electrons. The first-order valence-corrected chi connectivity index (χ1v) is 5.68. The summed E-state index contributed by atoms with van der Waals surface area (Å²) in [6, 6.07) is -0.714. The van der Waals surface area contributed by atoms with Crippen LogP contribution in [0.2, 0.25) is 0 Å². The van der Waals surface area contributed by atoms with E-state index in [1.54, 1.807) is 0 Å². The molecule has 0 aliphatic carbocycles. The summed E-state index contributed by atoms with van der Waals surface area (Å²) < 4.78 is 5.05. The zero-order valence-electron chi connectivity index (χ0n) is 9.81. The maximum absolute atomic E-state index is 11.7. The van der Waals surface area contributed by atoms with E-state index in [9.17, 15) is 9.59 Å². The first-order valence-electron chi connectivity index (χ1n) is 5.68. The van der Waals surface area contributed by atoms with E-state index >= 15 is 0 Å². The minimum absolute atomic E-state index is 0.261. The summed E-state index contributed by atoms with van der Waals surface area (Å²) in [5.74, 6) is -0.682. The number of hydrogen-bond acceptors (Lipinski definition) is 3. The first kappa shape index (κ1) is 12.8. The van der Waals surface area contributed by atoms with E-state index < -0.39 is 18.1 Å². The number of ether oxygens (including phenoxy) is 1. The summed E-state index contributed by atoms with van der Waals surface area (Å²) in [6.07, 6.45) is 1.72. The van der Waals surface area contributed by atoms with E-state index in [4.69, 9.17) is 9.84 Å². The normalized spacial score (nSPS) is 20.9. The molecule has 0 aromatic rings. The monoisotopic (exact) mass is 229 g/mol. The zero-order chi connectivity index (χ0) is 12.1. The van der Waals surface area contributed by atoms with Gasteiger partial charge in [-0.25, -0.2) is 9.59 Å². The largest absolute Gasteiger partial charge is 0.480 e. The molecule has 1 saturated heterocycles. The highest BCUT2D eigenvalue weighted by molar-refractivity contribution is 5.80. The molecule has 5 nitrogen and oxygen atoms in total. The second-order valence-electron chi connectivity index (χ2n) is 4.51. The molecule has 92 valence electrons. The van der Waals surface area contributed by atoms with Crippen LogP contribution in [-0.2, 0) is 9.53 Å². The Balaban J connectivity index is 2.54. The van der Waals surface area contributed by atoms with Gasteiger partial charge in [0.1, 0.15) is 6.04 Å². The fourth-order valence-corrected chi connectivity index (χ4v) is 1.73. The lowest BCUT2D eigenvalue weighted by Gasteiger charge is -2.32. The van der Waals surface area contributed by atoms with Gasteiger partial charge < -0.3 is 9.84 Å². The van der Waals surface area contributed by atoms with Gasteiger partial charge in [0.05, 0.1) is 6.61 Å². The number of amides is 1. The summed E-state index contributed by atoms with van der Waals surface area (Å²) in [7, 11) is 0. The van der Waals surface area contributed by atoms with Crippen molar-refractivity contribution < 1.29 is 19.4 Å². The Morgan fingerprint density at radius 1 is 1.44 bits per heavy atom. The highest BCUT2D eigenvalue weighted by Gasteiger charge is 2.32. The molecule has 1 atom stereocenters.